The van der Waals surface area contributed by atoms with Crippen LogP contribution in [-0.2, 0) is 23.8 Å². The van der Waals surface area contributed by atoms with Crippen LogP contribution in [0.3, 0.4) is 0 Å². The van der Waals surface area contributed by atoms with Crippen molar-refractivity contribution in [3.05, 3.63) is 23.0 Å². The topological polar surface area (TPSA) is 123 Å². The summed E-state index contributed by atoms with van der Waals surface area (Å²) < 4.78 is 15.8. The van der Waals surface area contributed by atoms with E-state index in [2.05, 4.69) is 0 Å². The number of ether oxygens (including phenoxy) is 3. The summed E-state index contributed by atoms with van der Waals surface area (Å²) >= 11 is 0. The van der Waals surface area contributed by atoms with Gasteiger partial charge in [-0.2, -0.15) is 0 Å². The molecule has 1 fully saturated rings. The van der Waals surface area contributed by atoms with Crippen molar-refractivity contribution < 1.29 is 39.1 Å². The Labute approximate surface area is 144 Å². The first-order chi connectivity index (χ1) is 11.5. The van der Waals surface area contributed by atoms with Crippen molar-refractivity contribution in [2.45, 2.75) is 63.1 Å². The third-order valence-corrected chi connectivity index (χ3v) is 5.02. The number of fused-ring (bicyclic) bond motifs is 3. The number of esters is 2. The molecule has 4 atom stereocenters. The minimum absolute atomic E-state index is 0.0121. The lowest BCUT2D eigenvalue weighted by atomic mass is 9.82. The van der Waals surface area contributed by atoms with Crippen molar-refractivity contribution in [3.63, 3.8) is 0 Å². The van der Waals surface area contributed by atoms with Crippen LogP contribution >= 0.6 is 0 Å². The molecular formula is C17H22O8. The molecule has 0 saturated carbocycles. The van der Waals surface area contributed by atoms with Gasteiger partial charge in [0.1, 0.15) is 18.0 Å². The molecule has 25 heavy (non-hydrogen) atoms. The van der Waals surface area contributed by atoms with E-state index in [9.17, 15) is 24.9 Å². The third kappa shape index (κ3) is 2.99. The van der Waals surface area contributed by atoms with E-state index in [1.807, 2.05) is 0 Å². The van der Waals surface area contributed by atoms with Gasteiger partial charge in [-0.3, -0.25) is 4.79 Å². The third-order valence-electron chi connectivity index (χ3n) is 5.02. The Morgan fingerprint density at radius 2 is 2.04 bits per heavy atom. The zero-order valence-electron chi connectivity index (χ0n) is 14.4. The first-order valence-electron chi connectivity index (χ1n) is 8.11. The Bertz CT molecular complexity index is 691. The van der Waals surface area contributed by atoms with Gasteiger partial charge in [0.05, 0.1) is 17.3 Å². The van der Waals surface area contributed by atoms with Crippen molar-refractivity contribution in [1.82, 2.24) is 0 Å². The Hall–Kier alpha value is -1.74. The monoisotopic (exact) mass is 354 g/mol. The highest BCUT2D eigenvalue weighted by Crippen LogP contribution is 2.48. The molecule has 0 spiro atoms. The number of aliphatic hydroxyl groups excluding tert-OH is 1. The predicted octanol–water partition coefficient (Wildman–Crippen LogP) is 0.0601. The molecule has 4 unspecified atom stereocenters. The molecule has 1 saturated heterocycles. The lowest BCUT2D eigenvalue weighted by Crippen LogP contribution is -2.54. The zero-order valence-corrected chi connectivity index (χ0v) is 14.4. The molecule has 138 valence electrons. The predicted molar refractivity (Wildman–Crippen MR) is 82.8 cm³/mol. The van der Waals surface area contributed by atoms with Crippen molar-refractivity contribution in [2.75, 3.05) is 6.61 Å². The maximum atomic E-state index is 12.2. The minimum Gasteiger partial charge on any atom is -0.461 e. The van der Waals surface area contributed by atoms with Gasteiger partial charge in [-0.25, -0.2) is 4.79 Å². The van der Waals surface area contributed by atoms with Gasteiger partial charge in [-0.05, 0) is 26.3 Å². The summed E-state index contributed by atoms with van der Waals surface area (Å²) in [5.41, 5.74) is -2.59. The van der Waals surface area contributed by atoms with Gasteiger partial charge in [0.15, 0.2) is 5.79 Å². The molecule has 0 aliphatic carbocycles. The van der Waals surface area contributed by atoms with Gasteiger partial charge < -0.3 is 29.5 Å². The number of hydrogen-bond acceptors (Lipinski definition) is 8. The Morgan fingerprint density at radius 1 is 1.36 bits per heavy atom. The molecule has 0 aromatic carbocycles. The average Bonchev–Trinajstić information content (AvgIpc) is 2.94. The van der Waals surface area contributed by atoms with E-state index in [0.29, 0.717) is 6.42 Å². The highest BCUT2D eigenvalue weighted by Gasteiger charge is 2.58. The summed E-state index contributed by atoms with van der Waals surface area (Å²) in [7, 11) is 0. The number of hydrogen-bond donors (Lipinski definition) is 3. The second kappa shape index (κ2) is 5.63. The molecule has 3 heterocycles. The molecule has 8 heteroatoms. The Balaban J connectivity index is 2.09. The fourth-order valence-corrected chi connectivity index (χ4v) is 3.56. The van der Waals surface area contributed by atoms with Crippen molar-refractivity contribution in [1.29, 1.82) is 0 Å². The van der Waals surface area contributed by atoms with E-state index >= 15 is 0 Å². The molecule has 3 N–H and O–H groups in total. The van der Waals surface area contributed by atoms with Gasteiger partial charge in [-0.15, -0.1) is 0 Å². The molecule has 3 aliphatic rings. The number of rotatable bonds is 2. The molecule has 0 amide bonds. The average molecular weight is 354 g/mol. The molecular weight excluding hydrogens is 332 g/mol. The van der Waals surface area contributed by atoms with E-state index in [0.717, 1.165) is 0 Å². The highest BCUT2D eigenvalue weighted by atomic mass is 16.7. The summed E-state index contributed by atoms with van der Waals surface area (Å²) in [5, 5.41) is 32.1. The molecule has 0 radical (unpaired) electrons. The van der Waals surface area contributed by atoms with Gasteiger partial charge in [-0.1, -0.05) is 0 Å². The normalized spacial score (nSPS) is 40.6. The van der Waals surface area contributed by atoms with E-state index in [1.165, 1.54) is 19.9 Å². The lowest BCUT2D eigenvalue weighted by Gasteiger charge is -2.39. The molecule has 3 rings (SSSR count). The number of carbonyl (C=O) groups excluding carboxylic acids is 2. The first-order valence-corrected chi connectivity index (χ1v) is 8.11. The fourth-order valence-electron chi connectivity index (χ4n) is 3.56. The highest BCUT2D eigenvalue weighted by molar-refractivity contribution is 5.95. The van der Waals surface area contributed by atoms with Crippen LogP contribution < -0.4 is 0 Å². The summed E-state index contributed by atoms with van der Waals surface area (Å²) in [5.74, 6) is -3.03. The van der Waals surface area contributed by atoms with Gasteiger partial charge in [0, 0.05) is 25.3 Å². The van der Waals surface area contributed by atoms with Crippen molar-refractivity contribution in [2.24, 2.45) is 0 Å². The van der Waals surface area contributed by atoms with Crippen LogP contribution in [0.1, 0.15) is 40.0 Å². The number of carbonyl (C=O) groups is 2. The Morgan fingerprint density at radius 3 is 2.68 bits per heavy atom. The van der Waals surface area contributed by atoms with Crippen molar-refractivity contribution >= 4 is 11.9 Å². The van der Waals surface area contributed by atoms with Crippen LogP contribution in [0.25, 0.3) is 0 Å². The summed E-state index contributed by atoms with van der Waals surface area (Å²) in [6, 6.07) is 0. The summed E-state index contributed by atoms with van der Waals surface area (Å²) in [6.45, 7) is 3.93. The molecule has 2 bridgehead atoms. The van der Waals surface area contributed by atoms with Gasteiger partial charge >= 0.3 is 11.9 Å². The van der Waals surface area contributed by atoms with Crippen LogP contribution in [-0.4, -0.2) is 57.0 Å². The van der Waals surface area contributed by atoms with Crippen molar-refractivity contribution in [3.8, 4) is 0 Å². The van der Waals surface area contributed by atoms with Gasteiger partial charge in [0.25, 0.3) is 0 Å². The SMILES string of the molecule is CC(=O)OCC1=C2C(=CC3(C)CCC(O)(O3)C(C)(O)CC2O)OC1=O. The van der Waals surface area contributed by atoms with Crippen LogP contribution in [0, 0.1) is 0 Å². The van der Waals surface area contributed by atoms with Crippen LogP contribution in [0.2, 0.25) is 0 Å². The largest absolute Gasteiger partial charge is 0.461 e. The fraction of sp³-hybridized carbons (Fsp3) is 0.647. The molecule has 3 aliphatic heterocycles. The number of aliphatic hydroxyl groups is 3. The van der Waals surface area contributed by atoms with E-state index in [-0.39, 0.29) is 36.4 Å². The Kier molecular flexibility index (Phi) is 4.07. The molecule has 0 aromatic heterocycles. The minimum atomic E-state index is -1.83. The standard InChI is InChI=1S/C17H22O8/c1-9(18)23-8-10-13-11(19)6-16(3,21)17(22)5-4-15(2,25-17)7-12(13)24-14(10)20/h7,11,19,21-22H,4-6,8H2,1-3H3. The smallest absolute Gasteiger partial charge is 0.343 e. The summed E-state index contributed by atoms with van der Waals surface area (Å²) in [4.78, 5) is 23.2. The van der Waals surface area contributed by atoms with Crippen LogP contribution in [0.4, 0.5) is 0 Å². The lowest BCUT2D eigenvalue weighted by molar-refractivity contribution is -0.297. The quantitative estimate of drug-likeness (QED) is 0.595. The maximum Gasteiger partial charge on any atom is 0.343 e. The van der Waals surface area contributed by atoms with E-state index < -0.39 is 35.0 Å². The van der Waals surface area contributed by atoms with Crippen LogP contribution in [0.5, 0.6) is 0 Å². The second-order valence-corrected chi connectivity index (χ2v) is 7.26. The molecule has 0 aromatic rings. The van der Waals surface area contributed by atoms with E-state index in [1.54, 1.807) is 6.92 Å². The zero-order chi connectivity index (χ0) is 18.6. The molecule has 8 nitrogen and oxygen atoms in total. The first kappa shape index (κ1) is 18.1. The maximum absolute atomic E-state index is 12.2. The van der Waals surface area contributed by atoms with E-state index in [4.69, 9.17) is 14.2 Å². The second-order valence-electron chi connectivity index (χ2n) is 7.26. The van der Waals surface area contributed by atoms with Crippen LogP contribution in [0.15, 0.2) is 23.0 Å². The van der Waals surface area contributed by atoms with Gasteiger partial charge in [0.2, 0.25) is 0 Å². The summed E-state index contributed by atoms with van der Waals surface area (Å²) in [6.07, 6.45) is 0.480.